The van der Waals surface area contributed by atoms with Crippen molar-refractivity contribution >= 4 is 28.4 Å². The number of fused-ring (bicyclic) bond motifs is 1. The maximum atomic E-state index is 12.2. The van der Waals surface area contributed by atoms with Crippen molar-refractivity contribution in [1.82, 2.24) is 4.57 Å². The van der Waals surface area contributed by atoms with Crippen LogP contribution in [0.2, 0.25) is 0 Å². The molecule has 128 valence electrons. The third-order valence-corrected chi connectivity index (χ3v) is 3.84. The fourth-order valence-electron chi connectivity index (χ4n) is 2.51. The van der Waals surface area contributed by atoms with Crippen LogP contribution in [0.25, 0.3) is 11.1 Å². The first-order valence-corrected chi connectivity index (χ1v) is 7.59. The fourth-order valence-corrected chi connectivity index (χ4v) is 2.51. The van der Waals surface area contributed by atoms with Gasteiger partial charge in [-0.25, -0.2) is 4.79 Å². The number of hydrogen-bond donors (Lipinski definition) is 1. The molecule has 0 spiro atoms. The number of hydrogen-bond acceptors (Lipinski definition) is 5. The minimum absolute atomic E-state index is 0.0333. The molecule has 0 aliphatic carbocycles. The molecule has 0 aliphatic rings. The molecule has 2 aromatic carbocycles. The Kier molecular flexibility index (Phi) is 4.34. The largest absolute Gasteiger partial charge is 0.419 e. The lowest BCUT2D eigenvalue weighted by atomic mass is 10.1. The summed E-state index contributed by atoms with van der Waals surface area (Å²) < 4.78 is 6.50. The van der Waals surface area contributed by atoms with Gasteiger partial charge in [-0.05, 0) is 24.6 Å². The minimum atomic E-state index is -0.527. The Bertz CT molecular complexity index is 1020. The highest BCUT2D eigenvalue weighted by Crippen LogP contribution is 2.22. The molecule has 1 amide bonds. The Hall–Kier alpha value is -3.42. The third kappa shape index (κ3) is 3.42. The number of nitro benzene ring substituents is 1. The van der Waals surface area contributed by atoms with Gasteiger partial charge in [-0.15, -0.1) is 0 Å². The summed E-state index contributed by atoms with van der Waals surface area (Å²) in [5, 5.41) is 13.5. The van der Waals surface area contributed by atoms with Crippen molar-refractivity contribution in [3.05, 3.63) is 68.7 Å². The molecule has 3 aromatic rings. The van der Waals surface area contributed by atoms with E-state index in [9.17, 15) is 19.7 Å². The van der Waals surface area contributed by atoms with Crippen molar-refractivity contribution in [2.75, 3.05) is 5.32 Å². The Morgan fingerprint density at radius 3 is 2.80 bits per heavy atom. The second kappa shape index (κ2) is 6.60. The van der Waals surface area contributed by atoms with E-state index in [4.69, 9.17) is 4.42 Å². The summed E-state index contributed by atoms with van der Waals surface area (Å²) in [4.78, 5) is 34.4. The zero-order valence-corrected chi connectivity index (χ0v) is 13.4. The first kappa shape index (κ1) is 16.4. The molecule has 0 bridgehead atoms. The third-order valence-electron chi connectivity index (χ3n) is 3.84. The highest BCUT2D eigenvalue weighted by molar-refractivity contribution is 5.91. The Morgan fingerprint density at radius 1 is 1.28 bits per heavy atom. The van der Waals surface area contributed by atoms with Gasteiger partial charge in [-0.3, -0.25) is 19.5 Å². The molecule has 0 saturated carbocycles. The van der Waals surface area contributed by atoms with E-state index >= 15 is 0 Å². The molecule has 0 aliphatic heterocycles. The van der Waals surface area contributed by atoms with E-state index < -0.39 is 10.7 Å². The average Bonchev–Trinajstić information content (AvgIpc) is 2.90. The smallest absolute Gasteiger partial charge is 0.408 e. The van der Waals surface area contributed by atoms with Crippen molar-refractivity contribution in [3.8, 4) is 0 Å². The highest BCUT2D eigenvalue weighted by Gasteiger charge is 2.13. The lowest BCUT2D eigenvalue weighted by Gasteiger charge is -2.08. The summed E-state index contributed by atoms with van der Waals surface area (Å²) in [5.41, 5.74) is 2.07. The number of amides is 1. The highest BCUT2D eigenvalue weighted by atomic mass is 16.6. The molecule has 0 fully saturated rings. The van der Waals surface area contributed by atoms with Crippen LogP contribution in [0, 0.1) is 17.0 Å². The number of nitro groups is 1. The monoisotopic (exact) mass is 341 g/mol. The number of oxazole rings is 1. The van der Waals surface area contributed by atoms with Gasteiger partial charge in [-0.1, -0.05) is 18.2 Å². The van der Waals surface area contributed by atoms with Crippen LogP contribution in [0.4, 0.5) is 11.4 Å². The van der Waals surface area contributed by atoms with E-state index in [1.165, 1.54) is 16.7 Å². The number of anilines is 1. The summed E-state index contributed by atoms with van der Waals surface area (Å²) in [6.07, 6.45) is 0.0333. The van der Waals surface area contributed by atoms with E-state index in [-0.39, 0.29) is 24.6 Å². The maximum absolute atomic E-state index is 12.2. The minimum Gasteiger partial charge on any atom is -0.408 e. The summed E-state index contributed by atoms with van der Waals surface area (Å²) in [5.74, 6) is -0.874. The lowest BCUT2D eigenvalue weighted by Crippen LogP contribution is -2.20. The molecule has 8 nitrogen and oxygen atoms in total. The SMILES string of the molecule is Cc1ccc([N+](=O)[O-])cc1NC(=O)CCn1c(=O)oc2ccccc21. The van der Waals surface area contributed by atoms with Crippen LogP contribution in [-0.4, -0.2) is 15.4 Å². The van der Waals surface area contributed by atoms with E-state index in [0.29, 0.717) is 22.4 Å². The predicted octanol–water partition coefficient (Wildman–Crippen LogP) is 2.84. The van der Waals surface area contributed by atoms with Crippen LogP contribution in [0.3, 0.4) is 0 Å². The van der Waals surface area contributed by atoms with Crippen molar-refractivity contribution in [2.24, 2.45) is 0 Å². The van der Waals surface area contributed by atoms with Crippen LogP contribution < -0.4 is 11.1 Å². The van der Waals surface area contributed by atoms with Crippen LogP contribution in [-0.2, 0) is 11.3 Å². The Morgan fingerprint density at radius 2 is 2.04 bits per heavy atom. The number of carbonyl (C=O) groups excluding carboxylic acids is 1. The molecule has 1 N–H and O–H groups in total. The topological polar surface area (TPSA) is 107 Å². The molecule has 0 saturated heterocycles. The summed E-state index contributed by atoms with van der Waals surface area (Å²) >= 11 is 0. The van der Waals surface area contributed by atoms with E-state index in [1.807, 2.05) is 0 Å². The summed E-state index contributed by atoms with van der Waals surface area (Å²) in [6.45, 7) is 1.89. The molecule has 8 heteroatoms. The van der Waals surface area contributed by atoms with Gasteiger partial charge in [0, 0.05) is 25.1 Å². The van der Waals surface area contributed by atoms with Gasteiger partial charge in [0.2, 0.25) is 5.91 Å². The molecule has 0 atom stereocenters. The summed E-state index contributed by atoms with van der Waals surface area (Å²) in [7, 11) is 0. The first-order valence-electron chi connectivity index (χ1n) is 7.59. The molecule has 0 radical (unpaired) electrons. The molecule has 0 unspecified atom stereocenters. The van der Waals surface area contributed by atoms with Crippen molar-refractivity contribution in [1.29, 1.82) is 0 Å². The van der Waals surface area contributed by atoms with Gasteiger partial charge >= 0.3 is 5.76 Å². The number of aromatic nitrogens is 1. The van der Waals surface area contributed by atoms with Crippen LogP contribution in [0.15, 0.2) is 51.7 Å². The quantitative estimate of drug-likeness (QED) is 0.567. The molecule has 25 heavy (non-hydrogen) atoms. The number of carbonyl (C=O) groups is 1. The molecular formula is C17H15N3O5. The maximum Gasteiger partial charge on any atom is 0.419 e. The van der Waals surface area contributed by atoms with Gasteiger partial charge in [0.25, 0.3) is 5.69 Å². The molecule has 1 heterocycles. The first-order chi connectivity index (χ1) is 12.0. The normalized spacial score (nSPS) is 10.8. The van der Waals surface area contributed by atoms with Gasteiger partial charge in [-0.2, -0.15) is 0 Å². The molecule has 1 aromatic heterocycles. The van der Waals surface area contributed by atoms with Gasteiger partial charge in [0.1, 0.15) is 0 Å². The molecular weight excluding hydrogens is 326 g/mol. The summed E-state index contributed by atoms with van der Waals surface area (Å²) in [6, 6.07) is 11.2. The van der Waals surface area contributed by atoms with Crippen molar-refractivity contribution in [3.63, 3.8) is 0 Å². The zero-order valence-electron chi connectivity index (χ0n) is 13.4. The van der Waals surface area contributed by atoms with E-state index in [2.05, 4.69) is 5.32 Å². The van der Waals surface area contributed by atoms with Crippen molar-refractivity contribution in [2.45, 2.75) is 19.9 Å². The fraction of sp³-hybridized carbons (Fsp3) is 0.176. The number of nitrogens with zero attached hydrogens (tertiary/aromatic N) is 2. The molecule has 3 rings (SSSR count). The number of rotatable bonds is 5. The van der Waals surface area contributed by atoms with Crippen LogP contribution in [0.5, 0.6) is 0 Å². The second-order valence-corrected chi connectivity index (χ2v) is 5.54. The number of non-ortho nitro benzene ring substituents is 1. The van der Waals surface area contributed by atoms with Crippen molar-refractivity contribution < 1.29 is 14.1 Å². The zero-order chi connectivity index (χ0) is 18.0. The number of aryl methyl sites for hydroxylation is 2. The van der Waals surface area contributed by atoms with Crippen LogP contribution >= 0.6 is 0 Å². The van der Waals surface area contributed by atoms with E-state index in [0.717, 1.165) is 0 Å². The lowest BCUT2D eigenvalue weighted by molar-refractivity contribution is -0.384. The Balaban J connectivity index is 1.73. The predicted molar refractivity (Wildman–Crippen MR) is 91.6 cm³/mol. The second-order valence-electron chi connectivity index (χ2n) is 5.54. The standard InChI is InChI=1S/C17H15N3O5/c1-11-6-7-12(20(23)24)10-13(11)18-16(21)8-9-19-14-4-2-3-5-15(14)25-17(19)22/h2-7,10H,8-9H2,1H3,(H,18,21). The van der Waals surface area contributed by atoms with Crippen LogP contribution in [0.1, 0.15) is 12.0 Å². The van der Waals surface area contributed by atoms with E-state index in [1.54, 1.807) is 37.3 Å². The number of nitrogens with one attached hydrogen (secondary N) is 1. The van der Waals surface area contributed by atoms with Gasteiger partial charge in [0.15, 0.2) is 5.58 Å². The number of para-hydroxylation sites is 2. The van der Waals surface area contributed by atoms with Gasteiger partial charge in [0.05, 0.1) is 16.1 Å². The average molecular weight is 341 g/mol. The Labute approximate surface area is 141 Å². The van der Waals surface area contributed by atoms with Gasteiger partial charge < -0.3 is 9.73 Å². The number of benzene rings is 2.